The van der Waals surface area contributed by atoms with Gasteiger partial charge in [0.05, 0.1) is 6.61 Å². The predicted octanol–water partition coefficient (Wildman–Crippen LogP) is 2.16. The van der Waals surface area contributed by atoms with Crippen LogP contribution in [0.15, 0.2) is 0 Å². The van der Waals surface area contributed by atoms with E-state index in [9.17, 15) is 9.36 Å². The molecule has 0 aliphatic heterocycles. The second kappa shape index (κ2) is 5.50. The number of carbonyl (C=O) groups is 1. The zero-order valence-electron chi connectivity index (χ0n) is 7.95. The normalized spacial score (nSPS) is 16.0. The fourth-order valence-corrected chi connectivity index (χ4v) is 1.98. The maximum atomic E-state index is 11.5. The summed E-state index contributed by atoms with van der Waals surface area (Å²) in [5, 5.41) is 0. The summed E-state index contributed by atoms with van der Waals surface area (Å²) in [4.78, 5) is 10.0. The largest absolute Gasteiger partial charge is 0.328 e. The van der Waals surface area contributed by atoms with Gasteiger partial charge in [-0.25, -0.2) is 0 Å². The van der Waals surface area contributed by atoms with E-state index in [1.807, 2.05) is 13.8 Å². The molecule has 1 unspecified atom stereocenters. The molecule has 0 fully saturated rings. The molecule has 0 aromatic rings. The summed E-state index contributed by atoms with van der Waals surface area (Å²) in [5.41, 5.74) is 0. The molecular weight excluding hydrogens is 175 g/mol. The molecule has 0 bridgehead atoms. The van der Waals surface area contributed by atoms with E-state index < -0.39 is 7.37 Å². The Bertz CT molecular complexity index is 177. The lowest BCUT2D eigenvalue weighted by Crippen LogP contribution is -2.02. The van der Waals surface area contributed by atoms with E-state index in [0.717, 1.165) is 6.29 Å². The molecule has 0 rings (SSSR count). The van der Waals surface area contributed by atoms with Crippen LogP contribution in [-0.2, 0) is 13.9 Å². The van der Waals surface area contributed by atoms with Crippen molar-refractivity contribution in [2.45, 2.75) is 20.3 Å². The second-order valence-corrected chi connectivity index (χ2v) is 6.12. The van der Waals surface area contributed by atoms with E-state index in [1.165, 1.54) is 0 Å². The Hall–Kier alpha value is -0.140. The van der Waals surface area contributed by atoms with Crippen LogP contribution in [0.1, 0.15) is 20.3 Å². The lowest BCUT2D eigenvalue weighted by molar-refractivity contribution is -0.107. The Balaban J connectivity index is 3.71. The highest BCUT2D eigenvalue weighted by Gasteiger charge is 2.15. The number of hydrogen-bond acceptors (Lipinski definition) is 3. The highest BCUT2D eigenvalue weighted by Crippen LogP contribution is 2.42. The molecule has 0 aromatic heterocycles. The van der Waals surface area contributed by atoms with Crippen LogP contribution in [-0.4, -0.2) is 25.7 Å². The minimum atomic E-state index is -2.49. The molecule has 1 atom stereocenters. The first-order chi connectivity index (χ1) is 5.48. The van der Waals surface area contributed by atoms with Crippen molar-refractivity contribution in [3.8, 4) is 0 Å². The van der Waals surface area contributed by atoms with Crippen LogP contribution in [0, 0.1) is 5.92 Å². The average Bonchev–Trinajstić information content (AvgIpc) is 1.98. The van der Waals surface area contributed by atoms with Crippen molar-refractivity contribution < 1.29 is 13.9 Å². The highest BCUT2D eigenvalue weighted by atomic mass is 31.2. The third kappa shape index (κ3) is 6.56. The second-order valence-electron chi connectivity index (χ2n) is 3.38. The molecule has 0 aliphatic rings. The molecule has 72 valence electrons. The molecule has 0 aromatic carbocycles. The molecule has 0 saturated heterocycles. The Labute approximate surface area is 73.9 Å². The van der Waals surface area contributed by atoms with Gasteiger partial charge in [0.15, 0.2) is 0 Å². The summed E-state index contributed by atoms with van der Waals surface area (Å²) >= 11 is 0. The van der Waals surface area contributed by atoms with Gasteiger partial charge in [-0.3, -0.25) is 4.57 Å². The molecule has 0 aliphatic carbocycles. The minimum absolute atomic E-state index is 0.325. The smallest absolute Gasteiger partial charge is 0.200 e. The summed E-state index contributed by atoms with van der Waals surface area (Å²) in [7, 11) is -2.49. The molecule has 0 N–H and O–H groups in total. The van der Waals surface area contributed by atoms with Crippen LogP contribution in [0.4, 0.5) is 0 Å². The topological polar surface area (TPSA) is 43.4 Å². The first-order valence-corrected chi connectivity index (χ1v) is 6.38. The lowest BCUT2D eigenvalue weighted by Gasteiger charge is -2.13. The summed E-state index contributed by atoms with van der Waals surface area (Å²) in [6.45, 7) is 6.09. The fraction of sp³-hybridized carbons (Fsp3) is 0.875. The standard InChI is InChI=1S/C8H17O3P/c1-8(2)7-11-12(3,10)6-4-5-9/h5,8H,4,6-7H2,1-3H3. The Morgan fingerprint density at radius 1 is 1.50 bits per heavy atom. The first-order valence-electron chi connectivity index (χ1n) is 4.12. The lowest BCUT2D eigenvalue weighted by atomic mass is 10.2. The zero-order valence-corrected chi connectivity index (χ0v) is 8.84. The van der Waals surface area contributed by atoms with Crippen molar-refractivity contribution in [2.24, 2.45) is 5.92 Å². The molecule has 0 saturated carbocycles. The van der Waals surface area contributed by atoms with Crippen LogP contribution in [0.2, 0.25) is 0 Å². The maximum Gasteiger partial charge on any atom is 0.200 e. The van der Waals surface area contributed by atoms with E-state index in [0.29, 0.717) is 25.1 Å². The molecule has 12 heavy (non-hydrogen) atoms. The van der Waals surface area contributed by atoms with Gasteiger partial charge in [-0.1, -0.05) is 13.8 Å². The van der Waals surface area contributed by atoms with Crippen molar-refractivity contribution in [1.29, 1.82) is 0 Å². The molecule has 0 radical (unpaired) electrons. The van der Waals surface area contributed by atoms with Gasteiger partial charge < -0.3 is 9.32 Å². The first kappa shape index (κ1) is 11.9. The van der Waals surface area contributed by atoms with Gasteiger partial charge in [0.25, 0.3) is 0 Å². The Kier molecular flexibility index (Phi) is 5.43. The summed E-state index contributed by atoms with van der Waals surface area (Å²) in [6, 6.07) is 0. The number of rotatable bonds is 6. The van der Waals surface area contributed by atoms with E-state index >= 15 is 0 Å². The molecule has 0 heterocycles. The van der Waals surface area contributed by atoms with Gasteiger partial charge in [0.1, 0.15) is 6.29 Å². The molecule has 4 heteroatoms. The SMILES string of the molecule is CC(C)COP(C)(=O)CCC=O. The van der Waals surface area contributed by atoms with Crippen molar-refractivity contribution in [2.75, 3.05) is 19.4 Å². The van der Waals surface area contributed by atoms with Gasteiger partial charge in [0.2, 0.25) is 7.37 Å². The Morgan fingerprint density at radius 3 is 2.50 bits per heavy atom. The van der Waals surface area contributed by atoms with E-state index in [2.05, 4.69) is 0 Å². The quantitative estimate of drug-likeness (QED) is 0.478. The van der Waals surface area contributed by atoms with Crippen molar-refractivity contribution in [3.63, 3.8) is 0 Å². The van der Waals surface area contributed by atoms with Gasteiger partial charge in [-0.2, -0.15) is 0 Å². The van der Waals surface area contributed by atoms with Crippen LogP contribution >= 0.6 is 7.37 Å². The van der Waals surface area contributed by atoms with Gasteiger partial charge in [-0.05, 0) is 5.92 Å². The van der Waals surface area contributed by atoms with Crippen molar-refractivity contribution in [3.05, 3.63) is 0 Å². The van der Waals surface area contributed by atoms with Gasteiger partial charge >= 0.3 is 0 Å². The number of aldehydes is 1. The monoisotopic (exact) mass is 192 g/mol. The van der Waals surface area contributed by atoms with E-state index in [-0.39, 0.29) is 0 Å². The zero-order chi connectivity index (χ0) is 9.61. The van der Waals surface area contributed by atoms with Gasteiger partial charge in [-0.15, -0.1) is 0 Å². The van der Waals surface area contributed by atoms with Crippen LogP contribution in [0.5, 0.6) is 0 Å². The summed E-state index contributed by atoms with van der Waals surface area (Å²) in [5.74, 6) is 0.384. The highest BCUT2D eigenvalue weighted by molar-refractivity contribution is 7.58. The van der Waals surface area contributed by atoms with Crippen LogP contribution in [0.3, 0.4) is 0 Å². The molecule has 0 spiro atoms. The summed E-state index contributed by atoms with van der Waals surface area (Å²) in [6.07, 6.45) is 1.46. The number of hydrogen-bond donors (Lipinski definition) is 0. The van der Waals surface area contributed by atoms with E-state index in [1.54, 1.807) is 6.66 Å². The minimum Gasteiger partial charge on any atom is -0.328 e. The maximum absolute atomic E-state index is 11.5. The molecule has 0 amide bonds. The average molecular weight is 192 g/mol. The number of carbonyl (C=O) groups excluding carboxylic acids is 1. The Morgan fingerprint density at radius 2 is 2.08 bits per heavy atom. The third-order valence-corrected chi connectivity index (χ3v) is 3.10. The predicted molar refractivity (Wildman–Crippen MR) is 49.9 cm³/mol. The van der Waals surface area contributed by atoms with E-state index in [4.69, 9.17) is 4.52 Å². The van der Waals surface area contributed by atoms with Crippen LogP contribution < -0.4 is 0 Å². The molecule has 3 nitrogen and oxygen atoms in total. The summed E-state index contributed by atoms with van der Waals surface area (Å²) < 4.78 is 16.7. The van der Waals surface area contributed by atoms with Crippen molar-refractivity contribution in [1.82, 2.24) is 0 Å². The van der Waals surface area contributed by atoms with Crippen molar-refractivity contribution >= 4 is 13.7 Å². The fourth-order valence-electron chi connectivity index (χ4n) is 0.659. The van der Waals surface area contributed by atoms with Crippen LogP contribution in [0.25, 0.3) is 0 Å². The van der Waals surface area contributed by atoms with Gasteiger partial charge in [0, 0.05) is 19.2 Å². The molecular formula is C8H17O3P. The third-order valence-electron chi connectivity index (χ3n) is 1.33.